The first kappa shape index (κ1) is 11.5. The van der Waals surface area contributed by atoms with Crippen LogP contribution in [0.15, 0.2) is 0 Å². The van der Waals surface area contributed by atoms with Gasteiger partial charge in [-0.15, -0.1) is 0 Å². The Hall–Kier alpha value is -0.570. The van der Waals surface area contributed by atoms with Crippen molar-refractivity contribution in [3.05, 3.63) is 0 Å². The Morgan fingerprint density at radius 2 is 1.86 bits per heavy atom. The molecule has 0 spiro atoms. The molecule has 14 heavy (non-hydrogen) atoms. The minimum Gasteiger partial charge on any atom is -0.350 e. The van der Waals surface area contributed by atoms with Gasteiger partial charge in [-0.25, -0.2) is 0 Å². The fourth-order valence-corrected chi connectivity index (χ4v) is 1.99. The average molecular weight is 198 g/mol. The lowest BCUT2D eigenvalue weighted by atomic mass is 9.83. The van der Waals surface area contributed by atoms with Crippen molar-refractivity contribution in [3.63, 3.8) is 0 Å². The van der Waals surface area contributed by atoms with Crippen LogP contribution >= 0.6 is 0 Å². The van der Waals surface area contributed by atoms with Crippen LogP contribution in [0.5, 0.6) is 0 Å². The lowest BCUT2D eigenvalue weighted by molar-refractivity contribution is -0.124. The zero-order chi connectivity index (χ0) is 10.6. The molecule has 82 valence electrons. The molecule has 1 aliphatic carbocycles. The summed E-state index contributed by atoms with van der Waals surface area (Å²) in [7, 11) is 1.81. The second-order valence-corrected chi connectivity index (χ2v) is 4.62. The molecule has 3 heteroatoms. The fraction of sp³-hybridized carbons (Fsp3) is 0.909. The Bertz CT molecular complexity index is 197. The standard InChI is InChI=1S/C11H22N2O/c1-9(12-3)10(14)13-11(2)7-5-4-6-8-11/h9,12H,4-8H2,1-3H3,(H,13,14). The Balaban J connectivity index is 2.44. The minimum absolute atomic E-state index is 0.0421. The molecule has 0 aromatic heterocycles. The van der Waals surface area contributed by atoms with Gasteiger partial charge < -0.3 is 10.6 Å². The van der Waals surface area contributed by atoms with E-state index in [9.17, 15) is 4.79 Å². The van der Waals surface area contributed by atoms with Gasteiger partial charge in [0.2, 0.25) is 5.91 Å². The van der Waals surface area contributed by atoms with Crippen molar-refractivity contribution in [1.82, 2.24) is 10.6 Å². The van der Waals surface area contributed by atoms with Crippen LogP contribution in [0.2, 0.25) is 0 Å². The van der Waals surface area contributed by atoms with Crippen LogP contribution in [-0.2, 0) is 4.79 Å². The first-order valence-corrected chi connectivity index (χ1v) is 5.57. The highest BCUT2D eigenvalue weighted by molar-refractivity contribution is 5.81. The maximum atomic E-state index is 11.7. The predicted molar refractivity (Wildman–Crippen MR) is 58.2 cm³/mol. The fourth-order valence-electron chi connectivity index (χ4n) is 1.99. The van der Waals surface area contributed by atoms with Crippen molar-refractivity contribution in [1.29, 1.82) is 0 Å². The third kappa shape index (κ3) is 2.98. The second-order valence-electron chi connectivity index (χ2n) is 4.62. The van der Waals surface area contributed by atoms with Crippen LogP contribution in [0.1, 0.15) is 46.0 Å². The molecule has 1 aliphatic rings. The number of hydrogen-bond acceptors (Lipinski definition) is 2. The molecule has 0 radical (unpaired) electrons. The van der Waals surface area contributed by atoms with Crippen molar-refractivity contribution in [3.8, 4) is 0 Å². The van der Waals surface area contributed by atoms with Crippen molar-refractivity contribution in [2.75, 3.05) is 7.05 Å². The molecule has 1 atom stereocenters. The van der Waals surface area contributed by atoms with E-state index in [0.29, 0.717) is 0 Å². The second kappa shape index (κ2) is 4.78. The van der Waals surface area contributed by atoms with Crippen molar-refractivity contribution < 1.29 is 4.79 Å². The van der Waals surface area contributed by atoms with Gasteiger partial charge >= 0.3 is 0 Å². The molecule has 2 N–H and O–H groups in total. The van der Waals surface area contributed by atoms with E-state index < -0.39 is 0 Å². The molecule has 1 amide bonds. The van der Waals surface area contributed by atoms with Crippen molar-refractivity contribution in [2.45, 2.75) is 57.5 Å². The van der Waals surface area contributed by atoms with Gasteiger partial charge in [-0.05, 0) is 33.7 Å². The summed E-state index contributed by atoms with van der Waals surface area (Å²) >= 11 is 0. The smallest absolute Gasteiger partial charge is 0.237 e. The zero-order valence-electron chi connectivity index (χ0n) is 9.52. The molecule has 1 fully saturated rings. The first-order valence-electron chi connectivity index (χ1n) is 5.57. The molecule has 0 aliphatic heterocycles. The van der Waals surface area contributed by atoms with E-state index in [4.69, 9.17) is 0 Å². The van der Waals surface area contributed by atoms with Crippen LogP contribution in [0.3, 0.4) is 0 Å². The van der Waals surface area contributed by atoms with E-state index in [1.54, 1.807) is 0 Å². The van der Waals surface area contributed by atoms with Gasteiger partial charge in [-0.2, -0.15) is 0 Å². The molecule has 1 unspecified atom stereocenters. The maximum Gasteiger partial charge on any atom is 0.237 e. The highest BCUT2D eigenvalue weighted by Gasteiger charge is 2.29. The molecule has 0 aromatic carbocycles. The summed E-state index contributed by atoms with van der Waals surface area (Å²) in [6.07, 6.45) is 6.03. The number of hydrogen-bond donors (Lipinski definition) is 2. The van der Waals surface area contributed by atoms with Gasteiger partial charge in [0.15, 0.2) is 0 Å². The Morgan fingerprint density at radius 1 is 1.29 bits per heavy atom. The number of carbonyl (C=O) groups excluding carboxylic acids is 1. The third-order valence-corrected chi connectivity index (χ3v) is 3.21. The summed E-state index contributed by atoms with van der Waals surface area (Å²) in [6, 6.07) is -0.0891. The van der Waals surface area contributed by atoms with Gasteiger partial charge in [0.1, 0.15) is 0 Å². The molecule has 0 aromatic rings. The molecule has 1 saturated carbocycles. The zero-order valence-corrected chi connectivity index (χ0v) is 9.52. The van der Waals surface area contributed by atoms with E-state index >= 15 is 0 Å². The van der Waals surface area contributed by atoms with Crippen LogP contribution in [0, 0.1) is 0 Å². The summed E-state index contributed by atoms with van der Waals surface area (Å²) in [6.45, 7) is 4.05. The number of rotatable bonds is 3. The topological polar surface area (TPSA) is 41.1 Å². The Morgan fingerprint density at radius 3 is 2.36 bits per heavy atom. The van der Waals surface area contributed by atoms with Crippen LogP contribution < -0.4 is 10.6 Å². The number of nitrogens with one attached hydrogen (secondary N) is 2. The molecular formula is C11H22N2O. The van der Waals surface area contributed by atoms with E-state index in [2.05, 4.69) is 17.6 Å². The lowest BCUT2D eigenvalue weighted by Gasteiger charge is -2.35. The van der Waals surface area contributed by atoms with E-state index in [-0.39, 0.29) is 17.5 Å². The van der Waals surface area contributed by atoms with Gasteiger partial charge in [-0.1, -0.05) is 19.3 Å². The molecule has 1 rings (SSSR count). The molecule has 0 bridgehead atoms. The highest BCUT2D eigenvalue weighted by atomic mass is 16.2. The minimum atomic E-state index is -0.0891. The monoisotopic (exact) mass is 198 g/mol. The Kier molecular flexibility index (Phi) is 3.93. The highest BCUT2D eigenvalue weighted by Crippen LogP contribution is 2.27. The average Bonchev–Trinajstić information content (AvgIpc) is 2.17. The van der Waals surface area contributed by atoms with E-state index in [1.165, 1.54) is 19.3 Å². The molecule has 3 nitrogen and oxygen atoms in total. The Labute approximate surface area is 86.6 Å². The predicted octanol–water partition coefficient (Wildman–Crippen LogP) is 1.43. The van der Waals surface area contributed by atoms with Gasteiger partial charge in [0.25, 0.3) is 0 Å². The quantitative estimate of drug-likeness (QED) is 0.720. The van der Waals surface area contributed by atoms with Crippen molar-refractivity contribution >= 4 is 5.91 Å². The van der Waals surface area contributed by atoms with Gasteiger partial charge in [0.05, 0.1) is 6.04 Å². The summed E-state index contributed by atoms with van der Waals surface area (Å²) in [5.41, 5.74) is 0.0421. The number of carbonyl (C=O) groups is 1. The summed E-state index contributed by atoms with van der Waals surface area (Å²) in [5.74, 6) is 0.122. The van der Waals surface area contributed by atoms with Gasteiger partial charge in [-0.3, -0.25) is 4.79 Å². The van der Waals surface area contributed by atoms with Crippen LogP contribution in [0.25, 0.3) is 0 Å². The number of amides is 1. The first-order chi connectivity index (χ1) is 6.57. The summed E-state index contributed by atoms with van der Waals surface area (Å²) < 4.78 is 0. The molecule has 0 heterocycles. The lowest BCUT2D eigenvalue weighted by Crippen LogP contribution is -2.52. The molecular weight excluding hydrogens is 176 g/mol. The van der Waals surface area contributed by atoms with Crippen molar-refractivity contribution in [2.24, 2.45) is 0 Å². The van der Waals surface area contributed by atoms with E-state index in [0.717, 1.165) is 12.8 Å². The normalized spacial score (nSPS) is 22.8. The molecule has 0 saturated heterocycles. The number of likely N-dealkylation sites (N-methyl/N-ethyl adjacent to an activating group) is 1. The maximum absolute atomic E-state index is 11.7. The van der Waals surface area contributed by atoms with Crippen LogP contribution in [0.4, 0.5) is 0 Å². The van der Waals surface area contributed by atoms with Gasteiger partial charge in [0, 0.05) is 5.54 Å². The summed E-state index contributed by atoms with van der Waals surface area (Å²) in [5, 5.41) is 6.10. The van der Waals surface area contributed by atoms with E-state index in [1.807, 2.05) is 14.0 Å². The SMILES string of the molecule is CNC(C)C(=O)NC1(C)CCCCC1. The van der Waals surface area contributed by atoms with Crippen LogP contribution in [-0.4, -0.2) is 24.5 Å². The third-order valence-electron chi connectivity index (χ3n) is 3.21. The summed E-state index contributed by atoms with van der Waals surface area (Å²) in [4.78, 5) is 11.7. The largest absolute Gasteiger partial charge is 0.350 e.